The van der Waals surface area contributed by atoms with E-state index in [2.05, 4.69) is 15.8 Å². The lowest BCUT2D eigenvalue weighted by atomic mass is 10.2. The molecule has 2 N–H and O–H groups in total. The molecule has 0 atom stereocenters. The number of amides is 2. The van der Waals surface area contributed by atoms with E-state index in [1.165, 1.54) is 6.21 Å². The van der Waals surface area contributed by atoms with E-state index >= 15 is 0 Å². The molecular weight excluding hydrogens is 418 g/mol. The van der Waals surface area contributed by atoms with Crippen LogP contribution in [0.5, 0.6) is 11.5 Å². The highest BCUT2D eigenvalue weighted by atomic mass is 35.5. The molecule has 158 valence electrons. The molecule has 0 saturated carbocycles. The van der Waals surface area contributed by atoms with Gasteiger partial charge in [-0.15, -0.1) is 0 Å². The van der Waals surface area contributed by atoms with E-state index in [1.54, 1.807) is 79.9 Å². The summed E-state index contributed by atoms with van der Waals surface area (Å²) in [6.07, 6.45) is 1.51. The zero-order valence-electron chi connectivity index (χ0n) is 16.7. The first-order valence-electron chi connectivity index (χ1n) is 9.29. The van der Waals surface area contributed by atoms with Crippen LogP contribution in [0.15, 0.2) is 77.9 Å². The maximum atomic E-state index is 12.1. The van der Waals surface area contributed by atoms with E-state index in [-0.39, 0.29) is 18.4 Å². The smallest absolute Gasteiger partial charge is 0.271 e. The SMILES string of the molecule is COc1ccc(C(=O)N/N=C\c2ccc(OCC(=O)Nc3ccc(Cl)cc3)cc2)cc1. The van der Waals surface area contributed by atoms with Crippen LogP contribution in [-0.4, -0.2) is 31.7 Å². The lowest BCUT2D eigenvalue weighted by Gasteiger charge is -2.08. The van der Waals surface area contributed by atoms with Crippen molar-refractivity contribution in [2.24, 2.45) is 5.10 Å². The summed E-state index contributed by atoms with van der Waals surface area (Å²) in [7, 11) is 1.56. The number of hydrogen-bond acceptors (Lipinski definition) is 5. The third kappa shape index (κ3) is 6.87. The van der Waals surface area contributed by atoms with Crippen molar-refractivity contribution < 1.29 is 19.1 Å². The number of hydrazone groups is 1. The summed E-state index contributed by atoms with van der Waals surface area (Å²) in [6.45, 7) is -0.131. The van der Waals surface area contributed by atoms with Crippen molar-refractivity contribution >= 4 is 35.3 Å². The zero-order chi connectivity index (χ0) is 22.1. The fraction of sp³-hybridized carbons (Fsp3) is 0.0870. The van der Waals surface area contributed by atoms with Gasteiger partial charge in [0, 0.05) is 16.3 Å². The molecule has 3 rings (SSSR count). The highest BCUT2D eigenvalue weighted by Gasteiger charge is 2.05. The van der Waals surface area contributed by atoms with Gasteiger partial charge in [0.2, 0.25) is 0 Å². The number of nitrogens with zero attached hydrogens (tertiary/aromatic N) is 1. The highest BCUT2D eigenvalue weighted by Crippen LogP contribution is 2.14. The average molecular weight is 438 g/mol. The van der Waals surface area contributed by atoms with E-state index in [4.69, 9.17) is 21.1 Å². The molecule has 0 aliphatic rings. The van der Waals surface area contributed by atoms with Crippen molar-refractivity contribution in [3.63, 3.8) is 0 Å². The number of ether oxygens (including phenoxy) is 2. The van der Waals surface area contributed by atoms with Crippen molar-refractivity contribution in [3.8, 4) is 11.5 Å². The number of methoxy groups -OCH3 is 1. The standard InChI is InChI=1S/C23H20ClN3O4/c1-30-20-12-4-17(5-13-20)23(29)27-25-14-16-2-10-21(11-3-16)31-15-22(28)26-19-8-6-18(24)7-9-19/h2-14H,15H2,1H3,(H,26,28)(H,27,29)/b25-14-. The minimum absolute atomic E-state index is 0.131. The summed E-state index contributed by atoms with van der Waals surface area (Å²) < 4.78 is 10.5. The van der Waals surface area contributed by atoms with Gasteiger partial charge in [0.25, 0.3) is 11.8 Å². The molecule has 0 heterocycles. The van der Waals surface area contributed by atoms with Crippen LogP contribution in [0.25, 0.3) is 0 Å². The molecule has 0 aliphatic carbocycles. The number of carbonyl (C=O) groups is 2. The number of benzene rings is 3. The number of hydrogen-bond donors (Lipinski definition) is 2. The van der Waals surface area contributed by atoms with Crippen LogP contribution >= 0.6 is 11.6 Å². The molecule has 31 heavy (non-hydrogen) atoms. The van der Waals surface area contributed by atoms with Crippen LogP contribution in [0.3, 0.4) is 0 Å². The van der Waals surface area contributed by atoms with Crippen molar-refractivity contribution in [1.82, 2.24) is 5.43 Å². The molecule has 3 aromatic rings. The van der Waals surface area contributed by atoms with E-state index < -0.39 is 0 Å². The zero-order valence-corrected chi connectivity index (χ0v) is 17.4. The third-order valence-electron chi connectivity index (χ3n) is 4.11. The number of rotatable bonds is 8. The van der Waals surface area contributed by atoms with Gasteiger partial charge in [-0.3, -0.25) is 9.59 Å². The first-order chi connectivity index (χ1) is 15.0. The second-order valence-electron chi connectivity index (χ2n) is 6.34. The number of halogens is 1. The average Bonchev–Trinajstić information content (AvgIpc) is 2.80. The first-order valence-corrected chi connectivity index (χ1v) is 9.67. The summed E-state index contributed by atoms with van der Waals surface area (Å²) in [5.74, 6) is 0.593. The molecule has 8 heteroatoms. The molecule has 0 unspecified atom stereocenters. The van der Waals surface area contributed by atoms with Crippen molar-refractivity contribution in [2.45, 2.75) is 0 Å². The second kappa shape index (κ2) is 10.8. The van der Waals surface area contributed by atoms with Gasteiger partial charge in [-0.1, -0.05) is 11.6 Å². The Hall–Kier alpha value is -3.84. The number of anilines is 1. The third-order valence-corrected chi connectivity index (χ3v) is 4.36. The Morgan fingerprint density at radius 2 is 1.58 bits per heavy atom. The van der Waals surface area contributed by atoms with Crippen LogP contribution in [0.1, 0.15) is 15.9 Å². The molecule has 0 saturated heterocycles. The van der Waals surface area contributed by atoms with E-state index in [9.17, 15) is 9.59 Å². The first kappa shape index (κ1) is 21.9. The summed E-state index contributed by atoms with van der Waals surface area (Å²) in [6, 6.07) is 20.5. The lowest BCUT2D eigenvalue weighted by Crippen LogP contribution is -2.20. The lowest BCUT2D eigenvalue weighted by molar-refractivity contribution is -0.118. The van der Waals surface area contributed by atoms with Gasteiger partial charge in [0.05, 0.1) is 13.3 Å². The fourth-order valence-corrected chi connectivity index (χ4v) is 2.63. The van der Waals surface area contributed by atoms with Gasteiger partial charge in [-0.2, -0.15) is 5.10 Å². The maximum absolute atomic E-state index is 12.1. The van der Waals surface area contributed by atoms with Crippen LogP contribution in [-0.2, 0) is 4.79 Å². The topological polar surface area (TPSA) is 89.0 Å². The molecule has 0 spiro atoms. The predicted molar refractivity (Wildman–Crippen MR) is 120 cm³/mol. The Balaban J connectivity index is 1.45. The van der Waals surface area contributed by atoms with Crippen LogP contribution in [0.4, 0.5) is 5.69 Å². The Bertz CT molecular complexity index is 1050. The van der Waals surface area contributed by atoms with Gasteiger partial charge in [0.1, 0.15) is 11.5 Å². The number of nitrogens with one attached hydrogen (secondary N) is 2. The predicted octanol–water partition coefficient (Wildman–Crippen LogP) is 4.13. The molecule has 0 aliphatic heterocycles. The molecule has 2 amide bonds. The molecule has 0 radical (unpaired) electrons. The highest BCUT2D eigenvalue weighted by molar-refractivity contribution is 6.30. The monoisotopic (exact) mass is 437 g/mol. The van der Waals surface area contributed by atoms with Gasteiger partial charge in [-0.05, 0) is 78.4 Å². The minimum atomic E-state index is -0.328. The van der Waals surface area contributed by atoms with Crippen molar-refractivity contribution in [2.75, 3.05) is 19.0 Å². The summed E-state index contributed by atoms with van der Waals surface area (Å²) in [5.41, 5.74) is 4.33. The van der Waals surface area contributed by atoms with Crippen molar-refractivity contribution in [1.29, 1.82) is 0 Å². The van der Waals surface area contributed by atoms with E-state index in [0.717, 1.165) is 5.56 Å². The maximum Gasteiger partial charge on any atom is 0.271 e. The van der Waals surface area contributed by atoms with Gasteiger partial charge in [-0.25, -0.2) is 5.43 Å². The Kier molecular flexibility index (Phi) is 7.61. The molecular formula is C23H20ClN3O4. The Labute approximate surface area is 184 Å². The largest absolute Gasteiger partial charge is 0.497 e. The van der Waals surface area contributed by atoms with E-state index in [1.807, 2.05) is 0 Å². The molecule has 0 bridgehead atoms. The minimum Gasteiger partial charge on any atom is -0.497 e. The summed E-state index contributed by atoms with van der Waals surface area (Å²) in [5, 5.41) is 7.26. The summed E-state index contributed by atoms with van der Waals surface area (Å²) >= 11 is 5.82. The Morgan fingerprint density at radius 1 is 0.935 bits per heavy atom. The number of carbonyl (C=O) groups excluding carboxylic acids is 2. The molecule has 3 aromatic carbocycles. The normalized spacial score (nSPS) is 10.5. The quantitative estimate of drug-likeness (QED) is 0.409. The van der Waals surface area contributed by atoms with Crippen LogP contribution in [0, 0.1) is 0 Å². The van der Waals surface area contributed by atoms with Gasteiger partial charge in [0.15, 0.2) is 6.61 Å². The summed E-state index contributed by atoms with van der Waals surface area (Å²) in [4.78, 5) is 24.0. The van der Waals surface area contributed by atoms with Gasteiger partial charge < -0.3 is 14.8 Å². The fourth-order valence-electron chi connectivity index (χ4n) is 2.50. The molecule has 7 nitrogen and oxygen atoms in total. The molecule has 0 aromatic heterocycles. The van der Waals surface area contributed by atoms with E-state index in [0.29, 0.717) is 27.8 Å². The molecule has 0 fully saturated rings. The van der Waals surface area contributed by atoms with Crippen molar-refractivity contribution in [3.05, 3.63) is 88.9 Å². The van der Waals surface area contributed by atoms with Crippen LogP contribution < -0.4 is 20.2 Å². The second-order valence-corrected chi connectivity index (χ2v) is 6.78. The van der Waals surface area contributed by atoms with Crippen LogP contribution in [0.2, 0.25) is 5.02 Å². The Morgan fingerprint density at radius 3 is 2.23 bits per heavy atom. The van der Waals surface area contributed by atoms with Gasteiger partial charge >= 0.3 is 0 Å².